The molecule has 0 aliphatic carbocycles. The lowest BCUT2D eigenvalue weighted by molar-refractivity contribution is 1.07. The van der Waals surface area contributed by atoms with E-state index in [0.29, 0.717) is 23.3 Å². The molecular formula is C48H32N6. The van der Waals surface area contributed by atoms with Crippen molar-refractivity contribution in [1.29, 1.82) is 0 Å². The molecule has 0 unspecified atom stereocenters. The number of hydrogen-bond acceptors (Lipinski definition) is 6. The van der Waals surface area contributed by atoms with Gasteiger partial charge in [-0.2, -0.15) is 0 Å². The van der Waals surface area contributed by atoms with E-state index in [-0.39, 0.29) is 0 Å². The molecule has 0 radical (unpaired) electrons. The molecule has 9 rings (SSSR count). The molecule has 3 aromatic heterocycles. The first-order valence-electron chi connectivity index (χ1n) is 17.8. The van der Waals surface area contributed by atoms with Gasteiger partial charge >= 0.3 is 0 Å². The molecule has 0 amide bonds. The molecular weight excluding hydrogens is 661 g/mol. The first-order valence-corrected chi connectivity index (χ1v) is 17.8. The fourth-order valence-electron chi connectivity index (χ4n) is 6.50. The molecule has 0 spiro atoms. The Balaban J connectivity index is 1.20. The standard InChI is InChI=1S/C48H32N6/c1-5-14-34(15-6-1)43-32-44(35-16-7-2-8-17-35)51-47(50-43)39-23-13-22-38(28-39)41-29-40(33-24-26-49-27-25-33)30-42(31-41)48-53-45(36-18-9-3-10-19-36)52-46(54-48)37-20-11-4-12-21-37/h1-32H. The Morgan fingerprint density at radius 3 is 1.11 bits per heavy atom. The summed E-state index contributed by atoms with van der Waals surface area (Å²) >= 11 is 0. The first-order chi connectivity index (χ1) is 26.7. The molecule has 0 aliphatic rings. The van der Waals surface area contributed by atoms with Crippen molar-refractivity contribution >= 4 is 0 Å². The maximum Gasteiger partial charge on any atom is 0.164 e. The van der Waals surface area contributed by atoms with Crippen molar-refractivity contribution in [3.05, 3.63) is 194 Å². The van der Waals surface area contributed by atoms with E-state index in [2.05, 4.69) is 77.8 Å². The molecule has 6 nitrogen and oxygen atoms in total. The average Bonchev–Trinajstić information content (AvgIpc) is 3.27. The van der Waals surface area contributed by atoms with Crippen molar-refractivity contribution in [2.45, 2.75) is 0 Å². The van der Waals surface area contributed by atoms with Crippen molar-refractivity contribution in [2.75, 3.05) is 0 Å². The largest absolute Gasteiger partial charge is 0.265 e. The number of aromatic nitrogens is 6. The quantitative estimate of drug-likeness (QED) is 0.158. The molecule has 6 heteroatoms. The summed E-state index contributed by atoms with van der Waals surface area (Å²) in [7, 11) is 0. The van der Waals surface area contributed by atoms with Crippen LogP contribution in [0.5, 0.6) is 0 Å². The number of hydrogen-bond donors (Lipinski definition) is 0. The fraction of sp³-hybridized carbons (Fsp3) is 0. The van der Waals surface area contributed by atoms with E-state index in [9.17, 15) is 0 Å². The summed E-state index contributed by atoms with van der Waals surface area (Å²) < 4.78 is 0. The minimum Gasteiger partial charge on any atom is -0.265 e. The highest BCUT2D eigenvalue weighted by atomic mass is 15.0. The number of benzene rings is 6. The zero-order valence-corrected chi connectivity index (χ0v) is 29.2. The van der Waals surface area contributed by atoms with Gasteiger partial charge in [0.1, 0.15) is 0 Å². The zero-order valence-electron chi connectivity index (χ0n) is 29.2. The van der Waals surface area contributed by atoms with Crippen LogP contribution in [0.15, 0.2) is 194 Å². The van der Waals surface area contributed by atoms with Crippen LogP contribution in [0.25, 0.3) is 90.3 Å². The molecule has 254 valence electrons. The van der Waals surface area contributed by atoms with Crippen molar-refractivity contribution in [3.8, 4) is 90.3 Å². The number of rotatable bonds is 8. The molecule has 0 N–H and O–H groups in total. The topological polar surface area (TPSA) is 77.3 Å². The predicted octanol–water partition coefficient (Wildman–Crippen LogP) is 11.4. The molecule has 3 heterocycles. The predicted molar refractivity (Wildman–Crippen MR) is 217 cm³/mol. The Morgan fingerprint density at radius 1 is 0.222 bits per heavy atom. The van der Waals surface area contributed by atoms with Crippen LogP contribution in [0.3, 0.4) is 0 Å². The van der Waals surface area contributed by atoms with Crippen molar-refractivity contribution in [1.82, 2.24) is 29.9 Å². The molecule has 0 aliphatic heterocycles. The molecule has 0 saturated carbocycles. The van der Waals surface area contributed by atoms with Crippen LogP contribution in [-0.2, 0) is 0 Å². The molecule has 0 fully saturated rings. The lowest BCUT2D eigenvalue weighted by Gasteiger charge is -2.13. The third kappa shape index (κ3) is 6.92. The van der Waals surface area contributed by atoms with Gasteiger partial charge in [-0.1, -0.05) is 140 Å². The monoisotopic (exact) mass is 692 g/mol. The number of nitrogens with zero attached hydrogens (tertiary/aromatic N) is 6. The second-order valence-electron chi connectivity index (χ2n) is 12.8. The zero-order chi connectivity index (χ0) is 36.1. The van der Waals surface area contributed by atoms with Gasteiger partial charge in [-0.15, -0.1) is 0 Å². The maximum absolute atomic E-state index is 5.10. The van der Waals surface area contributed by atoms with Crippen molar-refractivity contribution < 1.29 is 0 Å². The summed E-state index contributed by atoms with van der Waals surface area (Å²) in [6.07, 6.45) is 3.63. The molecule has 9 aromatic rings. The summed E-state index contributed by atoms with van der Waals surface area (Å²) in [5.74, 6) is 2.46. The van der Waals surface area contributed by atoms with E-state index in [0.717, 1.165) is 67.0 Å². The summed E-state index contributed by atoms with van der Waals surface area (Å²) in [4.78, 5) is 29.5. The third-order valence-electron chi connectivity index (χ3n) is 9.22. The van der Waals surface area contributed by atoms with Gasteiger partial charge in [0.2, 0.25) is 0 Å². The minimum absolute atomic E-state index is 0.586. The summed E-state index contributed by atoms with van der Waals surface area (Å²) in [5, 5.41) is 0. The first kappa shape index (κ1) is 32.5. The smallest absolute Gasteiger partial charge is 0.164 e. The van der Waals surface area contributed by atoms with Gasteiger partial charge in [-0.25, -0.2) is 24.9 Å². The highest BCUT2D eigenvalue weighted by Crippen LogP contribution is 2.35. The van der Waals surface area contributed by atoms with E-state index in [1.165, 1.54) is 0 Å². The minimum atomic E-state index is 0.586. The van der Waals surface area contributed by atoms with Crippen LogP contribution in [-0.4, -0.2) is 29.9 Å². The Hall–Kier alpha value is -7.44. The molecule has 0 atom stereocenters. The second kappa shape index (κ2) is 14.7. The van der Waals surface area contributed by atoms with Gasteiger partial charge in [0, 0.05) is 45.8 Å². The summed E-state index contributed by atoms with van der Waals surface area (Å²) in [6, 6.07) is 61.6. The van der Waals surface area contributed by atoms with Crippen molar-refractivity contribution in [2.24, 2.45) is 0 Å². The third-order valence-corrected chi connectivity index (χ3v) is 9.22. The Kier molecular flexibility index (Phi) is 8.81. The van der Waals surface area contributed by atoms with Crippen LogP contribution in [0.1, 0.15) is 0 Å². The van der Waals surface area contributed by atoms with E-state index < -0.39 is 0 Å². The van der Waals surface area contributed by atoms with Crippen molar-refractivity contribution in [3.63, 3.8) is 0 Å². The fourth-order valence-corrected chi connectivity index (χ4v) is 6.50. The molecule has 0 saturated heterocycles. The van der Waals surface area contributed by atoms with E-state index in [1.54, 1.807) is 0 Å². The average molecular weight is 693 g/mol. The van der Waals surface area contributed by atoms with Crippen LogP contribution in [0.2, 0.25) is 0 Å². The van der Waals surface area contributed by atoms with Crippen LogP contribution in [0.4, 0.5) is 0 Å². The summed E-state index contributed by atoms with van der Waals surface area (Å²) in [6.45, 7) is 0. The second-order valence-corrected chi connectivity index (χ2v) is 12.8. The van der Waals surface area contributed by atoms with E-state index in [4.69, 9.17) is 24.9 Å². The number of pyridine rings is 1. The van der Waals surface area contributed by atoms with Gasteiger partial charge in [0.05, 0.1) is 11.4 Å². The highest BCUT2D eigenvalue weighted by Gasteiger charge is 2.16. The van der Waals surface area contributed by atoms with E-state index in [1.807, 2.05) is 122 Å². The van der Waals surface area contributed by atoms with E-state index >= 15 is 0 Å². The summed E-state index contributed by atoms with van der Waals surface area (Å²) in [5.41, 5.74) is 11.5. The van der Waals surface area contributed by atoms with Crippen LogP contribution in [0, 0.1) is 0 Å². The Morgan fingerprint density at radius 2 is 0.593 bits per heavy atom. The molecule has 6 aromatic carbocycles. The van der Waals surface area contributed by atoms with Gasteiger partial charge in [0.25, 0.3) is 0 Å². The lowest BCUT2D eigenvalue weighted by Crippen LogP contribution is -2.00. The Labute approximate surface area is 313 Å². The molecule has 54 heavy (non-hydrogen) atoms. The lowest BCUT2D eigenvalue weighted by atomic mass is 9.95. The van der Waals surface area contributed by atoms with Gasteiger partial charge in [0.15, 0.2) is 23.3 Å². The molecule has 0 bridgehead atoms. The van der Waals surface area contributed by atoms with Gasteiger partial charge in [-0.05, 0) is 64.7 Å². The van der Waals surface area contributed by atoms with Crippen LogP contribution >= 0.6 is 0 Å². The highest BCUT2D eigenvalue weighted by molar-refractivity contribution is 5.82. The Bertz CT molecular complexity index is 2570. The van der Waals surface area contributed by atoms with Gasteiger partial charge < -0.3 is 0 Å². The van der Waals surface area contributed by atoms with Gasteiger partial charge in [-0.3, -0.25) is 4.98 Å². The normalized spacial score (nSPS) is 11.0. The maximum atomic E-state index is 5.10. The van der Waals surface area contributed by atoms with Crippen LogP contribution < -0.4 is 0 Å². The SMILES string of the molecule is c1ccc(-c2cc(-c3ccccc3)nc(-c3cccc(-c4cc(-c5ccncc5)cc(-c5nc(-c6ccccc6)nc(-c6ccccc6)n5)c4)c3)n2)cc1.